The number of carbonyl (C=O) groups excluding carboxylic acids is 1. The van der Waals surface area contributed by atoms with Gasteiger partial charge in [-0.1, -0.05) is 0 Å². The molecule has 0 radical (unpaired) electrons. The Morgan fingerprint density at radius 3 is 2.95 bits per heavy atom. The molecule has 0 aliphatic carbocycles. The number of aldehydes is 1. The van der Waals surface area contributed by atoms with Crippen LogP contribution in [0, 0.1) is 0 Å². The summed E-state index contributed by atoms with van der Waals surface area (Å²) < 4.78 is 1.85. The predicted octanol–water partition coefficient (Wildman–Crippen LogP) is -0.00230. The van der Waals surface area contributed by atoms with E-state index in [1.165, 1.54) is 0 Å². The van der Waals surface area contributed by atoms with Gasteiger partial charge in [0.15, 0.2) is 6.29 Å². The van der Waals surface area contributed by atoms with Crippen LogP contribution in [0.25, 0.3) is 0 Å². The topological polar surface area (TPSA) is 61.6 Å². The Kier molecular flexibility index (Phi) is 5.28. The first-order valence-electron chi connectivity index (χ1n) is 7.17. The van der Waals surface area contributed by atoms with Crippen molar-refractivity contribution in [2.75, 3.05) is 40.3 Å². The fraction of sp³-hybridized carbons (Fsp3) is 0.714. The second kappa shape index (κ2) is 6.97. The summed E-state index contributed by atoms with van der Waals surface area (Å²) in [7, 11) is 4.05. The molecule has 0 saturated carbocycles. The Labute approximate surface area is 120 Å². The number of hydrogen-bond acceptors (Lipinski definition) is 5. The van der Waals surface area contributed by atoms with E-state index in [9.17, 15) is 4.79 Å². The van der Waals surface area contributed by atoms with Gasteiger partial charge in [-0.3, -0.25) is 9.48 Å². The van der Waals surface area contributed by atoms with Crippen molar-refractivity contribution in [2.45, 2.75) is 25.9 Å². The van der Waals surface area contributed by atoms with E-state index in [-0.39, 0.29) is 6.61 Å². The summed E-state index contributed by atoms with van der Waals surface area (Å²) in [6.45, 7) is 4.32. The third-order valence-corrected chi connectivity index (χ3v) is 3.84. The average Bonchev–Trinajstić information content (AvgIpc) is 2.75. The number of carbonyl (C=O) groups is 1. The molecule has 1 aromatic heterocycles. The van der Waals surface area contributed by atoms with Crippen LogP contribution in [0.5, 0.6) is 0 Å². The Hall–Kier alpha value is -1.24. The number of hydrogen-bond donors (Lipinski definition) is 1. The normalized spacial score (nSPS) is 15.6. The first-order chi connectivity index (χ1) is 9.65. The monoisotopic (exact) mass is 280 g/mol. The van der Waals surface area contributed by atoms with Gasteiger partial charge in [0.1, 0.15) is 5.69 Å². The van der Waals surface area contributed by atoms with E-state index >= 15 is 0 Å². The Morgan fingerprint density at radius 1 is 1.45 bits per heavy atom. The third-order valence-electron chi connectivity index (χ3n) is 3.84. The van der Waals surface area contributed by atoms with Gasteiger partial charge >= 0.3 is 0 Å². The van der Waals surface area contributed by atoms with Gasteiger partial charge in [0.25, 0.3) is 0 Å². The number of rotatable bonds is 7. The molecule has 2 rings (SSSR count). The quantitative estimate of drug-likeness (QED) is 0.712. The molecule has 1 N–H and O–H groups in total. The molecule has 20 heavy (non-hydrogen) atoms. The molecule has 0 atom stereocenters. The van der Waals surface area contributed by atoms with Gasteiger partial charge in [-0.05, 0) is 27.1 Å². The molecule has 1 aliphatic rings. The lowest BCUT2D eigenvalue weighted by molar-refractivity contribution is 0.111. The van der Waals surface area contributed by atoms with Gasteiger partial charge in [0.05, 0.1) is 12.3 Å². The summed E-state index contributed by atoms with van der Waals surface area (Å²) >= 11 is 0. The van der Waals surface area contributed by atoms with Crippen LogP contribution in [0.1, 0.15) is 28.2 Å². The molecular weight excluding hydrogens is 256 g/mol. The van der Waals surface area contributed by atoms with Gasteiger partial charge < -0.3 is 14.9 Å². The highest BCUT2D eigenvalue weighted by molar-refractivity contribution is 5.75. The van der Waals surface area contributed by atoms with Crippen molar-refractivity contribution in [3.05, 3.63) is 17.0 Å². The minimum atomic E-state index is 0.179. The number of aliphatic hydroxyl groups is 1. The first-order valence-corrected chi connectivity index (χ1v) is 7.17. The minimum absolute atomic E-state index is 0.179. The van der Waals surface area contributed by atoms with Gasteiger partial charge in [0, 0.05) is 38.2 Å². The highest BCUT2D eigenvalue weighted by atomic mass is 16.3. The molecule has 0 unspecified atom stereocenters. The zero-order valence-corrected chi connectivity index (χ0v) is 12.4. The van der Waals surface area contributed by atoms with E-state index in [0.717, 1.165) is 62.3 Å². The van der Waals surface area contributed by atoms with E-state index in [1.54, 1.807) is 0 Å². The predicted molar refractivity (Wildman–Crippen MR) is 76.9 cm³/mol. The SMILES string of the molecule is CN(CCO)CCCn1nc2c(c1C=O)CN(C)CC2. The molecule has 6 heteroatoms. The van der Waals surface area contributed by atoms with E-state index in [2.05, 4.69) is 21.9 Å². The van der Waals surface area contributed by atoms with E-state index in [0.29, 0.717) is 6.54 Å². The summed E-state index contributed by atoms with van der Waals surface area (Å²) in [5.41, 5.74) is 2.91. The van der Waals surface area contributed by atoms with Crippen LogP contribution in [0.2, 0.25) is 0 Å². The Balaban J connectivity index is 2.00. The molecule has 0 amide bonds. The minimum Gasteiger partial charge on any atom is -0.395 e. The van der Waals surface area contributed by atoms with Crippen LogP contribution >= 0.6 is 0 Å². The molecule has 0 aromatic carbocycles. The lowest BCUT2D eigenvalue weighted by Gasteiger charge is -2.21. The van der Waals surface area contributed by atoms with Gasteiger partial charge in [0.2, 0.25) is 0 Å². The highest BCUT2D eigenvalue weighted by Gasteiger charge is 2.22. The van der Waals surface area contributed by atoms with Gasteiger partial charge in [-0.15, -0.1) is 0 Å². The first kappa shape index (κ1) is 15.2. The summed E-state index contributed by atoms with van der Waals surface area (Å²) in [6, 6.07) is 0. The maximum atomic E-state index is 11.3. The van der Waals surface area contributed by atoms with Crippen LogP contribution in [-0.2, 0) is 19.5 Å². The molecule has 0 spiro atoms. The molecule has 1 aromatic rings. The van der Waals surface area contributed by atoms with Crippen LogP contribution in [0.3, 0.4) is 0 Å². The lowest BCUT2D eigenvalue weighted by Crippen LogP contribution is -2.26. The number of fused-ring (bicyclic) bond motifs is 1. The number of likely N-dealkylation sites (N-methyl/N-ethyl adjacent to an activating group) is 2. The fourth-order valence-corrected chi connectivity index (χ4v) is 2.66. The average molecular weight is 280 g/mol. The van der Waals surface area contributed by atoms with E-state index in [1.807, 2.05) is 11.7 Å². The van der Waals surface area contributed by atoms with Crippen molar-refractivity contribution >= 4 is 6.29 Å². The van der Waals surface area contributed by atoms with Crippen molar-refractivity contribution < 1.29 is 9.90 Å². The van der Waals surface area contributed by atoms with Crippen molar-refractivity contribution in [1.82, 2.24) is 19.6 Å². The molecule has 0 fully saturated rings. The second-order valence-electron chi connectivity index (χ2n) is 5.52. The molecule has 2 heterocycles. The molecule has 1 aliphatic heterocycles. The zero-order chi connectivity index (χ0) is 14.5. The molecule has 0 saturated heterocycles. The molecule has 6 nitrogen and oxygen atoms in total. The highest BCUT2D eigenvalue weighted by Crippen LogP contribution is 2.20. The Morgan fingerprint density at radius 2 is 2.25 bits per heavy atom. The number of nitrogens with zero attached hydrogens (tertiary/aromatic N) is 4. The summed E-state index contributed by atoms with van der Waals surface area (Å²) in [6.07, 6.45) is 2.78. The van der Waals surface area contributed by atoms with Crippen LogP contribution in [0.15, 0.2) is 0 Å². The van der Waals surface area contributed by atoms with Crippen LogP contribution < -0.4 is 0 Å². The van der Waals surface area contributed by atoms with Crippen LogP contribution in [0.4, 0.5) is 0 Å². The number of aromatic nitrogens is 2. The van der Waals surface area contributed by atoms with E-state index in [4.69, 9.17) is 5.11 Å². The number of aliphatic hydroxyl groups excluding tert-OH is 1. The number of aryl methyl sites for hydroxylation is 1. The molecule has 112 valence electrons. The van der Waals surface area contributed by atoms with E-state index < -0.39 is 0 Å². The van der Waals surface area contributed by atoms with Crippen molar-refractivity contribution in [3.8, 4) is 0 Å². The summed E-state index contributed by atoms with van der Waals surface area (Å²) in [5.74, 6) is 0. The third kappa shape index (κ3) is 3.45. The maximum Gasteiger partial charge on any atom is 0.168 e. The van der Waals surface area contributed by atoms with Crippen LogP contribution in [-0.4, -0.2) is 71.3 Å². The van der Waals surface area contributed by atoms with Gasteiger partial charge in [-0.25, -0.2) is 0 Å². The van der Waals surface area contributed by atoms with Crippen molar-refractivity contribution in [1.29, 1.82) is 0 Å². The summed E-state index contributed by atoms with van der Waals surface area (Å²) in [5, 5.41) is 13.5. The van der Waals surface area contributed by atoms with Crippen molar-refractivity contribution in [3.63, 3.8) is 0 Å². The molecule has 0 bridgehead atoms. The summed E-state index contributed by atoms with van der Waals surface area (Å²) in [4.78, 5) is 15.6. The Bertz CT molecular complexity index is 458. The smallest absolute Gasteiger partial charge is 0.168 e. The molecular formula is C14H24N4O2. The van der Waals surface area contributed by atoms with Gasteiger partial charge in [-0.2, -0.15) is 5.10 Å². The zero-order valence-electron chi connectivity index (χ0n) is 12.4. The second-order valence-corrected chi connectivity index (χ2v) is 5.52. The lowest BCUT2D eigenvalue weighted by atomic mass is 10.1. The largest absolute Gasteiger partial charge is 0.395 e. The fourth-order valence-electron chi connectivity index (χ4n) is 2.66. The standard InChI is InChI=1S/C14H24N4O2/c1-16(8-9-19)5-3-6-18-14(11-20)12-10-17(2)7-4-13(12)15-18/h11,19H,3-10H2,1-2H3. The maximum absolute atomic E-state index is 11.3. The van der Waals surface area contributed by atoms with Crippen molar-refractivity contribution in [2.24, 2.45) is 0 Å².